The van der Waals surface area contributed by atoms with Crippen molar-refractivity contribution in [2.45, 2.75) is 26.3 Å². The van der Waals surface area contributed by atoms with Crippen LogP contribution >= 0.6 is 0 Å². The van der Waals surface area contributed by atoms with Crippen LogP contribution in [-0.4, -0.2) is 32.6 Å². The first kappa shape index (κ1) is 14.1. The second-order valence-electron chi connectivity index (χ2n) is 4.72. The van der Waals surface area contributed by atoms with Crippen molar-refractivity contribution in [3.05, 3.63) is 24.3 Å². The number of benzene rings is 1. The Kier molecular flexibility index (Phi) is 4.41. The van der Waals surface area contributed by atoms with E-state index in [1.54, 1.807) is 12.1 Å². The molecule has 1 amide bonds. The molecule has 4 N–H and O–H groups in total. The molecule has 0 saturated carbocycles. The summed E-state index contributed by atoms with van der Waals surface area (Å²) in [5, 5.41) is 16.5. The minimum absolute atomic E-state index is 0.135. The van der Waals surface area contributed by atoms with Gasteiger partial charge in [0.2, 0.25) is 11.7 Å². The number of aromatic amines is 1. The third kappa shape index (κ3) is 3.18. The Morgan fingerprint density at radius 3 is 2.95 bits per heavy atom. The van der Waals surface area contributed by atoms with Gasteiger partial charge in [-0.05, 0) is 23.3 Å². The molecule has 7 heteroatoms. The molecular formula is C13H18N6O. The van der Waals surface area contributed by atoms with Crippen molar-refractivity contribution in [2.75, 3.05) is 5.32 Å². The highest BCUT2D eigenvalue weighted by Crippen LogP contribution is 2.18. The Balaban J connectivity index is 2.10. The quantitative estimate of drug-likeness (QED) is 0.758. The number of carbonyl (C=O) groups excluding carboxylic acids is 1. The van der Waals surface area contributed by atoms with Gasteiger partial charge in [-0.15, -0.1) is 10.2 Å². The number of nitrogens with two attached hydrogens (primary N) is 1. The van der Waals surface area contributed by atoms with Crippen molar-refractivity contribution in [3.63, 3.8) is 0 Å². The molecule has 2 rings (SSSR count). The lowest BCUT2D eigenvalue weighted by Gasteiger charge is -2.17. The fourth-order valence-corrected chi connectivity index (χ4v) is 1.76. The van der Waals surface area contributed by atoms with E-state index in [9.17, 15) is 4.79 Å². The van der Waals surface area contributed by atoms with E-state index < -0.39 is 6.04 Å². The second kappa shape index (κ2) is 6.25. The predicted octanol–water partition coefficient (Wildman–Crippen LogP) is 1.18. The molecule has 0 unspecified atom stereocenters. The molecule has 0 bridgehead atoms. The molecule has 20 heavy (non-hydrogen) atoms. The number of aromatic nitrogens is 4. The van der Waals surface area contributed by atoms with Crippen molar-refractivity contribution >= 4 is 11.6 Å². The molecular weight excluding hydrogens is 256 g/mol. The molecule has 0 saturated heterocycles. The van der Waals surface area contributed by atoms with Crippen LogP contribution in [0.15, 0.2) is 24.3 Å². The lowest BCUT2D eigenvalue weighted by molar-refractivity contribution is -0.118. The van der Waals surface area contributed by atoms with E-state index in [1.165, 1.54) is 0 Å². The fraction of sp³-hybridized carbons (Fsp3) is 0.385. The van der Waals surface area contributed by atoms with E-state index in [0.29, 0.717) is 11.5 Å². The van der Waals surface area contributed by atoms with Gasteiger partial charge in [0, 0.05) is 11.3 Å². The summed E-state index contributed by atoms with van der Waals surface area (Å²) >= 11 is 0. The van der Waals surface area contributed by atoms with Crippen molar-refractivity contribution in [2.24, 2.45) is 11.7 Å². The van der Waals surface area contributed by atoms with Gasteiger partial charge in [0.1, 0.15) is 0 Å². The predicted molar refractivity (Wildman–Crippen MR) is 75.7 cm³/mol. The molecule has 1 aromatic carbocycles. The summed E-state index contributed by atoms with van der Waals surface area (Å²) in [5.41, 5.74) is 7.33. The van der Waals surface area contributed by atoms with Crippen LogP contribution in [-0.2, 0) is 4.79 Å². The Labute approximate surface area is 117 Å². The molecule has 0 spiro atoms. The summed E-state index contributed by atoms with van der Waals surface area (Å²) < 4.78 is 0. The Hall–Kier alpha value is -2.28. The van der Waals surface area contributed by atoms with Gasteiger partial charge in [0.25, 0.3) is 0 Å². The van der Waals surface area contributed by atoms with Crippen LogP contribution in [0, 0.1) is 5.92 Å². The smallest absolute Gasteiger partial charge is 0.241 e. The number of carbonyl (C=O) groups is 1. The Morgan fingerprint density at radius 1 is 1.50 bits per heavy atom. The zero-order valence-corrected chi connectivity index (χ0v) is 11.5. The molecule has 2 atom stereocenters. The lowest BCUT2D eigenvalue weighted by atomic mass is 9.99. The number of tetrazole rings is 1. The maximum Gasteiger partial charge on any atom is 0.241 e. The van der Waals surface area contributed by atoms with Gasteiger partial charge < -0.3 is 11.1 Å². The number of anilines is 1. The van der Waals surface area contributed by atoms with Gasteiger partial charge in [-0.2, -0.15) is 5.21 Å². The molecule has 1 aromatic heterocycles. The van der Waals surface area contributed by atoms with E-state index in [0.717, 1.165) is 12.0 Å². The third-order valence-electron chi connectivity index (χ3n) is 3.29. The molecule has 7 nitrogen and oxygen atoms in total. The Bertz CT molecular complexity index is 568. The minimum Gasteiger partial charge on any atom is -0.325 e. The number of H-pyrrole nitrogens is 1. The average Bonchev–Trinajstić information content (AvgIpc) is 3.00. The summed E-state index contributed by atoms with van der Waals surface area (Å²) in [4.78, 5) is 12.0. The summed E-state index contributed by atoms with van der Waals surface area (Å²) in [6, 6.07) is 6.72. The molecule has 0 aliphatic rings. The molecule has 0 radical (unpaired) electrons. The van der Waals surface area contributed by atoms with Gasteiger partial charge in [0.05, 0.1) is 6.04 Å². The molecule has 2 aromatic rings. The number of hydrogen-bond acceptors (Lipinski definition) is 5. The summed E-state index contributed by atoms with van der Waals surface area (Å²) in [7, 11) is 0. The Morgan fingerprint density at radius 2 is 2.30 bits per heavy atom. The summed E-state index contributed by atoms with van der Waals surface area (Å²) in [6.07, 6.45) is 0.859. The van der Waals surface area contributed by atoms with Crippen molar-refractivity contribution in [1.29, 1.82) is 0 Å². The maximum atomic E-state index is 12.0. The highest BCUT2D eigenvalue weighted by Gasteiger charge is 2.19. The van der Waals surface area contributed by atoms with Crippen LogP contribution in [0.1, 0.15) is 20.3 Å². The largest absolute Gasteiger partial charge is 0.325 e. The molecule has 0 aliphatic carbocycles. The van der Waals surface area contributed by atoms with E-state index >= 15 is 0 Å². The summed E-state index contributed by atoms with van der Waals surface area (Å²) in [5.74, 6) is 0.423. The minimum atomic E-state index is -0.520. The van der Waals surface area contributed by atoms with Crippen molar-refractivity contribution in [3.8, 4) is 11.4 Å². The van der Waals surface area contributed by atoms with Gasteiger partial charge in [-0.1, -0.05) is 32.4 Å². The van der Waals surface area contributed by atoms with E-state index in [4.69, 9.17) is 5.73 Å². The number of hydrogen-bond donors (Lipinski definition) is 3. The van der Waals surface area contributed by atoms with E-state index in [2.05, 4.69) is 25.9 Å². The first-order valence-electron chi connectivity index (χ1n) is 6.52. The molecule has 106 valence electrons. The highest BCUT2D eigenvalue weighted by atomic mass is 16.2. The first-order chi connectivity index (χ1) is 9.61. The molecule has 0 aliphatic heterocycles. The van der Waals surface area contributed by atoms with E-state index in [1.807, 2.05) is 26.0 Å². The van der Waals surface area contributed by atoms with Crippen molar-refractivity contribution < 1.29 is 4.79 Å². The molecule has 0 fully saturated rings. The number of rotatable bonds is 5. The van der Waals surface area contributed by atoms with Crippen LogP contribution < -0.4 is 11.1 Å². The molecule has 1 heterocycles. The van der Waals surface area contributed by atoms with Gasteiger partial charge in [-0.3, -0.25) is 4.79 Å². The topological polar surface area (TPSA) is 110 Å². The van der Waals surface area contributed by atoms with E-state index in [-0.39, 0.29) is 11.8 Å². The van der Waals surface area contributed by atoms with Crippen LogP contribution in [0.4, 0.5) is 5.69 Å². The number of nitrogens with one attached hydrogen (secondary N) is 2. The first-order valence-corrected chi connectivity index (χ1v) is 6.52. The van der Waals surface area contributed by atoms with Gasteiger partial charge in [-0.25, -0.2) is 0 Å². The average molecular weight is 274 g/mol. The van der Waals surface area contributed by atoms with Crippen LogP contribution in [0.25, 0.3) is 11.4 Å². The third-order valence-corrected chi connectivity index (χ3v) is 3.29. The number of amides is 1. The highest BCUT2D eigenvalue weighted by molar-refractivity contribution is 5.95. The van der Waals surface area contributed by atoms with Crippen LogP contribution in [0.5, 0.6) is 0 Å². The number of nitrogens with zero attached hydrogens (tertiary/aromatic N) is 3. The maximum absolute atomic E-state index is 12.0. The van der Waals surface area contributed by atoms with Crippen molar-refractivity contribution in [1.82, 2.24) is 20.6 Å². The van der Waals surface area contributed by atoms with Gasteiger partial charge >= 0.3 is 0 Å². The zero-order chi connectivity index (χ0) is 14.5. The summed E-state index contributed by atoms with van der Waals surface area (Å²) in [6.45, 7) is 3.97. The second-order valence-corrected chi connectivity index (χ2v) is 4.72. The fourth-order valence-electron chi connectivity index (χ4n) is 1.76. The lowest BCUT2D eigenvalue weighted by Crippen LogP contribution is -2.40. The monoisotopic (exact) mass is 274 g/mol. The zero-order valence-electron chi connectivity index (χ0n) is 11.5. The van der Waals surface area contributed by atoms with Gasteiger partial charge in [0.15, 0.2) is 0 Å². The van der Waals surface area contributed by atoms with Crippen LogP contribution in [0.2, 0.25) is 0 Å². The normalized spacial score (nSPS) is 13.8. The SMILES string of the molecule is CC[C@H](C)[C@H](N)C(=O)Nc1cccc(-c2nn[nH]n2)c1. The standard InChI is InChI=1S/C13H18N6O/c1-3-8(2)11(14)13(20)15-10-6-4-5-9(7-10)12-16-18-19-17-12/h4-8,11H,3,14H2,1-2H3,(H,15,20)(H,16,17,18,19)/t8-,11-/m0/s1. The van der Waals surface area contributed by atoms with Crippen LogP contribution in [0.3, 0.4) is 0 Å².